The van der Waals surface area contributed by atoms with Gasteiger partial charge in [-0.2, -0.15) is 5.26 Å². The van der Waals surface area contributed by atoms with Crippen molar-refractivity contribution in [3.05, 3.63) is 81.2 Å². The molecule has 0 atom stereocenters. The monoisotopic (exact) mass is 375 g/mol. The molecule has 28 heavy (non-hydrogen) atoms. The van der Waals surface area contributed by atoms with Gasteiger partial charge in [-0.25, -0.2) is 9.59 Å². The molecular formula is C22H17NO5. The van der Waals surface area contributed by atoms with Crippen LogP contribution in [0, 0.1) is 18.3 Å². The molecule has 0 spiro atoms. The fourth-order valence-corrected chi connectivity index (χ4v) is 2.68. The van der Waals surface area contributed by atoms with Crippen LogP contribution in [0.3, 0.4) is 0 Å². The van der Waals surface area contributed by atoms with E-state index in [1.807, 2.05) is 19.1 Å². The number of nitrogens with zero attached hydrogens (tertiary/aromatic N) is 1. The van der Waals surface area contributed by atoms with Gasteiger partial charge in [0.25, 0.3) is 0 Å². The summed E-state index contributed by atoms with van der Waals surface area (Å²) in [5, 5.41) is 9.97. The average molecular weight is 375 g/mol. The van der Waals surface area contributed by atoms with Crippen LogP contribution in [0.4, 0.5) is 0 Å². The first-order valence-corrected chi connectivity index (χ1v) is 8.46. The molecule has 1 aromatic heterocycles. The number of benzene rings is 2. The third-order valence-corrected chi connectivity index (χ3v) is 4.11. The van der Waals surface area contributed by atoms with Crippen molar-refractivity contribution in [2.45, 2.75) is 13.5 Å². The number of aryl methyl sites for hydroxylation is 1. The van der Waals surface area contributed by atoms with Crippen molar-refractivity contribution in [2.24, 2.45) is 0 Å². The van der Waals surface area contributed by atoms with E-state index in [9.17, 15) is 14.9 Å². The van der Waals surface area contributed by atoms with Crippen molar-refractivity contribution in [1.29, 1.82) is 5.26 Å². The lowest BCUT2D eigenvalue weighted by molar-refractivity contribution is -0.139. The minimum atomic E-state index is -0.771. The number of hydrogen-bond donors (Lipinski definition) is 0. The Morgan fingerprint density at radius 3 is 2.61 bits per heavy atom. The van der Waals surface area contributed by atoms with Gasteiger partial charge in [0.15, 0.2) is 0 Å². The van der Waals surface area contributed by atoms with Crippen molar-refractivity contribution in [3.8, 4) is 11.8 Å². The molecule has 0 aliphatic carbocycles. The molecule has 3 rings (SSSR count). The molecule has 6 heteroatoms. The van der Waals surface area contributed by atoms with Crippen molar-refractivity contribution >= 4 is 23.0 Å². The second-order valence-corrected chi connectivity index (χ2v) is 6.11. The zero-order chi connectivity index (χ0) is 20.1. The fourth-order valence-electron chi connectivity index (χ4n) is 2.68. The van der Waals surface area contributed by atoms with E-state index in [0.29, 0.717) is 27.8 Å². The standard InChI is InChI=1S/C22H17NO5/c1-14-3-8-19-17(11-21(24)28-20(19)9-14)13-27-22(25)16(12-23)10-15-4-6-18(26-2)7-5-15/h3-11H,13H2,1-2H3. The largest absolute Gasteiger partial charge is 0.497 e. The van der Waals surface area contributed by atoms with Gasteiger partial charge in [0.05, 0.1) is 7.11 Å². The van der Waals surface area contributed by atoms with Gasteiger partial charge in [0.2, 0.25) is 0 Å². The number of ether oxygens (including phenoxy) is 2. The molecule has 0 aliphatic rings. The van der Waals surface area contributed by atoms with Crippen molar-refractivity contribution in [3.63, 3.8) is 0 Å². The zero-order valence-corrected chi connectivity index (χ0v) is 15.4. The lowest BCUT2D eigenvalue weighted by Gasteiger charge is -2.07. The fraction of sp³-hybridized carbons (Fsp3) is 0.136. The number of carbonyl (C=O) groups is 1. The molecule has 0 N–H and O–H groups in total. The van der Waals surface area contributed by atoms with E-state index in [4.69, 9.17) is 13.9 Å². The highest BCUT2D eigenvalue weighted by atomic mass is 16.5. The van der Waals surface area contributed by atoms with Crippen LogP contribution in [0.2, 0.25) is 0 Å². The minimum absolute atomic E-state index is 0.145. The predicted molar refractivity (Wildman–Crippen MR) is 104 cm³/mol. The van der Waals surface area contributed by atoms with E-state index in [1.165, 1.54) is 12.1 Å². The van der Waals surface area contributed by atoms with E-state index in [1.54, 1.807) is 43.5 Å². The van der Waals surface area contributed by atoms with Crippen molar-refractivity contribution < 1.29 is 18.7 Å². The topological polar surface area (TPSA) is 89.5 Å². The van der Waals surface area contributed by atoms with Gasteiger partial charge < -0.3 is 13.9 Å². The Balaban J connectivity index is 1.80. The van der Waals surface area contributed by atoms with Crippen molar-refractivity contribution in [2.75, 3.05) is 7.11 Å². The molecule has 0 fully saturated rings. The normalized spacial score (nSPS) is 11.1. The quantitative estimate of drug-likeness (QED) is 0.292. The smallest absolute Gasteiger partial charge is 0.349 e. The lowest BCUT2D eigenvalue weighted by Crippen LogP contribution is -2.09. The Labute approximate surface area is 161 Å². The van der Waals surface area contributed by atoms with E-state index in [-0.39, 0.29) is 12.2 Å². The van der Waals surface area contributed by atoms with Crippen LogP contribution >= 0.6 is 0 Å². The highest BCUT2D eigenvalue weighted by Gasteiger charge is 2.13. The minimum Gasteiger partial charge on any atom is -0.497 e. The van der Waals surface area contributed by atoms with Gasteiger partial charge in [0.1, 0.15) is 29.6 Å². The number of esters is 1. The first kappa shape index (κ1) is 18.9. The van der Waals surface area contributed by atoms with Gasteiger partial charge in [-0.3, -0.25) is 0 Å². The van der Waals surface area contributed by atoms with Gasteiger partial charge in [-0.05, 0) is 42.3 Å². The lowest BCUT2D eigenvalue weighted by atomic mass is 10.1. The van der Waals surface area contributed by atoms with Gasteiger partial charge in [0, 0.05) is 17.0 Å². The molecule has 0 unspecified atom stereocenters. The second kappa shape index (κ2) is 8.23. The van der Waals surface area contributed by atoms with Crippen LogP contribution in [0.5, 0.6) is 5.75 Å². The van der Waals surface area contributed by atoms with Crippen LogP contribution in [-0.4, -0.2) is 13.1 Å². The molecule has 3 aromatic rings. The molecule has 6 nitrogen and oxygen atoms in total. The molecule has 0 aliphatic heterocycles. The number of nitriles is 1. The molecule has 0 saturated carbocycles. The summed E-state index contributed by atoms with van der Waals surface area (Å²) >= 11 is 0. The van der Waals surface area contributed by atoms with E-state index in [2.05, 4.69) is 0 Å². The summed E-state index contributed by atoms with van der Waals surface area (Å²) < 4.78 is 15.5. The summed E-state index contributed by atoms with van der Waals surface area (Å²) in [5.41, 5.74) is 1.87. The summed E-state index contributed by atoms with van der Waals surface area (Å²) in [4.78, 5) is 24.1. The first-order chi connectivity index (χ1) is 13.5. The maximum atomic E-state index is 12.3. The van der Waals surface area contributed by atoms with Gasteiger partial charge in [-0.15, -0.1) is 0 Å². The molecule has 0 saturated heterocycles. The summed E-state index contributed by atoms with van der Waals surface area (Å²) in [7, 11) is 1.55. The number of carbonyl (C=O) groups excluding carboxylic acids is 1. The van der Waals surface area contributed by atoms with E-state index in [0.717, 1.165) is 5.56 Å². The van der Waals surface area contributed by atoms with Gasteiger partial charge >= 0.3 is 11.6 Å². The summed E-state index contributed by atoms with van der Waals surface area (Å²) in [6.07, 6.45) is 1.43. The van der Waals surface area contributed by atoms with Crippen LogP contribution in [0.25, 0.3) is 17.0 Å². The molecule has 2 aromatic carbocycles. The maximum absolute atomic E-state index is 12.3. The Hall–Kier alpha value is -3.85. The summed E-state index contributed by atoms with van der Waals surface area (Å²) in [6.45, 7) is 1.74. The Kier molecular flexibility index (Phi) is 5.56. The zero-order valence-electron chi connectivity index (χ0n) is 15.4. The average Bonchev–Trinajstić information content (AvgIpc) is 2.69. The molecule has 0 radical (unpaired) electrons. The Morgan fingerprint density at radius 1 is 1.18 bits per heavy atom. The first-order valence-electron chi connectivity index (χ1n) is 8.46. The number of hydrogen-bond acceptors (Lipinski definition) is 6. The number of methoxy groups -OCH3 is 1. The van der Waals surface area contributed by atoms with Crippen LogP contribution in [-0.2, 0) is 16.1 Å². The van der Waals surface area contributed by atoms with Gasteiger partial charge in [-0.1, -0.05) is 24.3 Å². The van der Waals surface area contributed by atoms with Crippen LogP contribution in [0.15, 0.2) is 63.3 Å². The SMILES string of the molecule is COc1ccc(C=C(C#N)C(=O)OCc2cc(=O)oc3cc(C)ccc23)cc1. The second-order valence-electron chi connectivity index (χ2n) is 6.11. The molecule has 1 heterocycles. The predicted octanol–water partition coefficient (Wildman–Crippen LogP) is 3.76. The Bertz CT molecular complexity index is 1150. The maximum Gasteiger partial charge on any atom is 0.349 e. The summed E-state index contributed by atoms with van der Waals surface area (Å²) in [5.74, 6) is -0.102. The summed E-state index contributed by atoms with van der Waals surface area (Å²) in [6, 6.07) is 15.4. The molecular weight excluding hydrogens is 358 g/mol. The van der Waals surface area contributed by atoms with Crippen LogP contribution in [0.1, 0.15) is 16.7 Å². The van der Waals surface area contributed by atoms with E-state index < -0.39 is 11.6 Å². The third-order valence-electron chi connectivity index (χ3n) is 4.11. The highest BCUT2D eigenvalue weighted by Crippen LogP contribution is 2.20. The van der Waals surface area contributed by atoms with E-state index >= 15 is 0 Å². The third kappa shape index (κ3) is 4.27. The molecule has 0 bridgehead atoms. The Morgan fingerprint density at radius 2 is 1.93 bits per heavy atom. The molecule has 0 amide bonds. The molecule has 140 valence electrons. The van der Waals surface area contributed by atoms with Crippen molar-refractivity contribution in [1.82, 2.24) is 0 Å². The number of rotatable bonds is 5. The van der Waals surface area contributed by atoms with Crippen LogP contribution < -0.4 is 10.4 Å². The number of fused-ring (bicyclic) bond motifs is 1. The highest BCUT2D eigenvalue weighted by molar-refractivity contribution is 5.98.